The van der Waals surface area contributed by atoms with Crippen molar-refractivity contribution in [3.63, 3.8) is 0 Å². The normalized spacial score (nSPS) is 10.7. The second-order valence-electron chi connectivity index (χ2n) is 3.91. The minimum absolute atomic E-state index is 0.00598. The predicted octanol–water partition coefficient (Wildman–Crippen LogP) is 4.38. The summed E-state index contributed by atoms with van der Waals surface area (Å²) >= 11 is 0. The SMILES string of the molecule is Fc1cccc(NCc2cccc(C(F)F)c2)c1. The fourth-order valence-corrected chi connectivity index (χ4v) is 1.64. The average molecular weight is 251 g/mol. The average Bonchev–Trinajstić information content (AvgIpc) is 2.37. The minimum atomic E-state index is -2.47. The first-order valence-electron chi connectivity index (χ1n) is 5.51. The van der Waals surface area contributed by atoms with Crippen molar-refractivity contribution in [1.82, 2.24) is 0 Å². The van der Waals surface area contributed by atoms with Crippen molar-refractivity contribution in [3.8, 4) is 0 Å². The summed E-state index contributed by atoms with van der Waals surface area (Å²) in [7, 11) is 0. The van der Waals surface area contributed by atoms with Crippen molar-refractivity contribution in [2.45, 2.75) is 13.0 Å². The van der Waals surface area contributed by atoms with Crippen LogP contribution >= 0.6 is 0 Å². The third-order valence-electron chi connectivity index (χ3n) is 2.52. The molecule has 1 N–H and O–H groups in total. The Hall–Kier alpha value is -1.97. The van der Waals surface area contributed by atoms with Crippen LogP contribution in [0.4, 0.5) is 18.9 Å². The molecule has 0 fully saturated rings. The zero-order valence-electron chi connectivity index (χ0n) is 9.54. The second-order valence-corrected chi connectivity index (χ2v) is 3.91. The summed E-state index contributed by atoms with van der Waals surface area (Å²) < 4.78 is 37.9. The van der Waals surface area contributed by atoms with Crippen LogP contribution in [0.5, 0.6) is 0 Å². The van der Waals surface area contributed by atoms with E-state index in [1.807, 2.05) is 0 Å². The van der Waals surface area contributed by atoms with E-state index < -0.39 is 6.43 Å². The summed E-state index contributed by atoms with van der Waals surface area (Å²) in [6.45, 7) is 0.379. The van der Waals surface area contributed by atoms with Crippen molar-refractivity contribution in [1.29, 1.82) is 0 Å². The van der Waals surface area contributed by atoms with Crippen molar-refractivity contribution in [2.75, 3.05) is 5.32 Å². The lowest BCUT2D eigenvalue weighted by Gasteiger charge is -2.08. The highest BCUT2D eigenvalue weighted by atomic mass is 19.3. The van der Waals surface area contributed by atoms with Crippen LogP contribution in [0, 0.1) is 5.82 Å². The molecule has 0 aliphatic rings. The molecule has 4 heteroatoms. The van der Waals surface area contributed by atoms with Crippen molar-refractivity contribution in [3.05, 3.63) is 65.5 Å². The van der Waals surface area contributed by atoms with Gasteiger partial charge in [0.15, 0.2) is 0 Å². The third-order valence-corrected chi connectivity index (χ3v) is 2.52. The first-order chi connectivity index (χ1) is 8.65. The Bertz CT molecular complexity index is 526. The van der Waals surface area contributed by atoms with E-state index >= 15 is 0 Å². The molecule has 18 heavy (non-hydrogen) atoms. The summed E-state index contributed by atoms with van der Waals surface area (Å²) in [5.74, 6) is -0.332. The molecule has 0 spiro atoms. The molecule has 0 radical (unpaired) electrons. The molecule has 2 rings (SSSR count). The molecule has 0 aliphatic heterocycles. The summed E-state index contributed by atoms with van der Waals surface area (Å²) in [4.78, 5) is 0. The van der Waals surface area contributed by atoms with E-state index in [1.165, 1.54) is 24.3 Å². The maximum absolute atomic E-state index is 12.9. The van der Waals surface area contributed by atoms with E-state index in [0.717, 1.165) is 5.56 Å². The van der Waals surface area contributed by atoms with Gasteiger partial charge in [0.1, 0.15) is 5.82 Å². The highest BCUT2D eigenvalue weighted by molar-refractivity contribution is 5.43. The van der Waals surface area contributed by atoms with Crippen LogP contribution < -0.4 is 5.32 Å². The zero-order chi connectivity index (χ0) is 13.0. The molecule has 0 aliphatic carbocycles. The quantitative estimate of drug-likeness (QED) is 0.850. The van der Waals surface area contributed by atoms with Gasteiger partial charge in [0.05, 0.1) is 0 Å². The molecule has 2 aromatic rings. The van der Waals surface area contributed by atoms with E-state index in [2.05, 4.69) is 5.32 Å². The number of halogens is 3. The molecule has 2 aromatic carbocycles. The maximum atomic E-state index is 12.9. The topological polar surface area (TPSA) is 12.0 Å². The Labute approximate surface area is 103 Å². The number of anilines is 1. The van der Waals surface area contributed by atoms with Gasteiger partial charge in [-0.25, -0.2) is 13.2 Å². The Morgan fingerprint density at radius 2 is 1.78 bits per heavy atom. The molecule has 0 unspecified atom stereocenters. The maximum Gasteiger partial charge on any atom is 0.263 e. The van der Waals surface area contributed by atoms with Gasteiger partial charge in [-0.3, -0.25) is 0 Å². The van der Waals surface area contributed by atoms with Crippen LogP contribution in [0.1, 0.15) is 17.6 Å². The molecule has 94 valence electrons. The van der Waals surface area contributed by atoms with Crippen molar-refractivity contribution >= 4 is 5.69 Å². The van der Waals surface area contributed by atoms with Crippen LogP contribution in [0.25, 0.3) is 0 Å². The van der Waals surface area contributed by atoms with Gasteiger partial charge in [0.25, 0.3) is 6.43 Å². The fraction of sp³-hybridized carbons (Fsp3) is 0.143. The smallest absolute Gasteiger partial charge is 0.263 e. The van der Waals surface area contributed by atoms with E-state index in [4.69, 9.17) is 0 Å². The molecule has 0 saturated carbocycles. The molecular weight excluding hydrogens is 239 g/mol. The van der Waals surface area contributed by atoms with E-state index in [9.17, 15) is 13.2 Å². The van der Waals surface area contributed by atoms with Crippen LogP contribution in [0.3, 0.4) is 0 Å². The van der Waals surface area contributed by atoms with E-state index in [-0.39, 0.29) is 11.4 Å². The fourth-order valence-electron chi connectivity index (χ4n) is 1.64. The minimum Gasteiger partial charge on any atom is -0.381 e. The molecule has 0 atom stereocenters. The Morgan fingerprint density at radius 3 is 2.50 bits per heavy atom. The second kappa shape index (κ2) is 5.58. The Balaban J connectivity index is 2.04. The predicted molar refractivity (Wildman–Crippen MR) is 65.1 cm³/mol. The third kappa shape index (κ3) is 3.26. The molecule has 0 bridgehead atoms. The van der Waals surface area contributed by atoms with Gasteiger partial charge in [-0.1, -0.05) is 24.3 Å². The summed E-state index contributed by atoms with van der Waals surface area (Å²) in [5, 5.41) is 2.98. The molecule has 0 aromatic heterocycles. The molecule has 0 saturated heterocycles. The lowest BCUT2D eigenvalue weighted by atomic mass is 10.1. The lowest BCUT2D eigenvalue weighted by molar-refractivity contribution is 0.151. The first-order valence-corrected chi connectivity index (χ1v) is 5.51. The van der Waals surface area contributed by atoms with Gasteiger partial charge >= 0.3 is 0 Å². The van der Waals surface area contributed by atoms with Crippen LogP contribution in [0.15, 0.2) is 48.5 Å². The number of nitrogens with one attached hydrogen (secondary N) is 1. The summed E-state index contributed by atoms with van der Waals surface area (Å²) in [6.07, 6.45) is -2.47. The van der Waals surface area contributed by atoms with Gasteiger partial charge in [-0.15, -0.1) is 0 Å². The lowest BCUT2D eigenvalue weighted by Crippen LogP contribution is -2.00. The van der Waals surface area contributed by atoms with E-state index in [0.29, 0.717) is 12.2 Å². The number of hydrogen-bond donors (Lipinski definition) is 1. The standard InChI is InChI=1S/C14H12F3N/c15-12-5-2-6-13(8-12)18-9-10-3-1-4-11(7-10)14(16)17/h1-8,14,18H,9H2. The molecule has 1 nitrogen and oxygen atoms in total. The van der Waals surface area contributed by atoms with Crippen molar-refractivity contribution < 1.29 is 13.2 Å². The number of benzene rings is 2. The Morgan fingerprint density at radius 1 is 1.00 bits per heavy atom. The largest absolute Gasteiger partial charge is 0.381 e. The molecule has 0 amide bonds. The molecular formula is C14H12F3N. The van der Waals surface area contributed by atoms with Gasteiger partial charge < -0.3 is 5.32 Å². The van der Waals surface area contributed by atoms with Crippen LogP contribution in [-0.4, -0.2) is 0 Å². The zero-order valence-corrected chi connectivity index (χ0v) is 9.54. The summed E-state index contributed by atoms with van der Waals surface area (Å²) in [6, 6.07) is 12.2. The van der Waals surface area contributed by atoms with Crippen LogP contribution in [0.2, 0.25) is 0 Å². The van der Waals surface area contributed by atoms with Gasteiger partial charge in [-0.05, 0) is 29.8 Å². The molecule has 0 heterocycles. The van der Waals surface area contributed by atoms with Gasteiger partial charge in [0.2, 0.25) is 0 Å². The first kappa shape index (κ1) is 12.5. The monoisotopic (exact) mass is 251 g/mol. The Kier molecular flexibility index (Phi) is 3.87. The highest BCUT2D eigenvalue weighted by Crippen LogP contribution is 2.20. The highest BCUT2D eigenvalue weighted by Gasteiger charge is 2.06. The summed E-state index contributed by atoms with van der Waals surface area (Å²) in [5.41, 5.74) is 1.35. The number of hydrogen-bond acceptors (Lipinski definition) is 1. The van der Waals surface area contributed by atoms with Gasteiger partial charge in [0, 0.05) is 17.8 Å². The number of alkyl halides is 2. The number of rotatable bonds is 4. The van der Waals surface area contributed by atoms with Crippen molar-refractivity contribution in [2.24, 2.45) is 0 Å². The van der Waals surface area contributed by atoms with Crippen LogP contribution in [-0.2, 0) is 6.54 Å². The van der Waals surface area contributed by atoms with Gasteiger partial charge in [-0.2, -0.15) is 0 Å². The van der Waals surface area contributed by atoms with E-state index in [1.54, 1.807) is 24.3 Å².